The molecule has 2 atom stereocenters. The van der Waals surface area contributed by atoms with E-state index in [0.29, 0.717) is 18.7 Å². The molecule has 110 valence electrons. The number of ether oxygens (including phenoxy) is 1. The molecule has 0 aliphatic carbocycles. The van der Waals surface area contributed by atoms with Crippen molar-refractivity contribution in [2.24, 2.45) is 0 Å². The summed E-state index contributed by atoms with van der Waals surface area (Å²) in [5, 5.41) is 14.1. The Bertz CT molecular complexity index is 295. The Balaban J connectivity index is 2.25. The first kappa shape index (κ1) is 16.1. The van der Waals surface area contributed by atoms with Crippen molar-refractivity contribution in [3.8, 4) is 0 Å². The Kier molecular flexibility index (Phi) is 7.66. The van der Waals surface area contributed by atoms with Gasteiger partial charge in [-0.05, 0) is 37.7 Å². The first-order valence-electron chi connectivity index (χ1n) is 6.51. The number of carbonyl (C=O) groups excluding carboxylic acids is 1. The van der Waals surface area contributed by atoms with Gasteiger partial charge < -0.3 is 20.5 Å². The van der Waals surface area contributed by atoms with Crippen LogP contribution in [-0.4, -0.2) is 54.4 Å². The summed E-state index contributed by atoms with van der Waals surface area (Å²) in [5.74, 6) is -0.304. The molecule has 3 N–H and O–H groups in total. The van der Waals surface area contributed by atoms with Crippen molar-refractivity contribution in [1.82, 2.24) is 10.6 Å². The van der Waals surface area contributed by atoms with Crippen molar-refractivity contribution < 1.29 is 19.4 Å². The fourth-order valence-corrected chi connectivity index (χ4v) is 2.35. The van der Waals surface area contributed by atoms with Crippen molar-refractivity contribution in [2.45, 2.75) is 37.8 Å². The first-order valence-corrected chi connectivity index (χ1v) is 7.90. The zero-order valence-corrected chi connectivity index (χ0v) is 12.0. The lowest BCUT2D eigenvalue weighted by atomic mass is 10.1. The molecule has 1 fully saturated rings. The van der Waals surface area contributed by atoms with Crippen molar-refractivity contribution in [1.29, 1.82) is 0 Å². The molecule has 1 aliphatic heterocycles. The van der Waals surface area contributed by atoms with Crippen LogP contribution >= 0.6 is 11.8 Å². The van der Waals surface area contributed by atoms with Gasteiger partial charge in [0.1, 0.15) is 6.04 Å². The summed E-state index contributed by atoms with van der Waals surface area (Å²) in [6.07, 6.45) is 5.49. The maximum atomic E-state index is 11.6. The minimum absolute atomic E-state index is 0.0500. The van der Waals surface area contributed by atoms with Gasteiger partial charge in [0, 0.05) is 13.2 Å². The zero-order valence-electron chi connectivity index (χ0n) is 11.2. The van der Waals surface area contributed by atoms with E-state index >= 15 is 0 Å². The van der Waals surface area contributed by atoms with Gasteiger partial charge in [-0.3, -0.25) is 0 Å². The highest BCUT2D eigenvalue weighted by atomic mass is 32.2. The molecule has 0 aromatic carbocycles. The number of rotatable bonds is 7. The van der Waals surface area contributed by atoms with E-state index in [1.807, 2.05) is 6.26 Å². The van der Waals surface area contributed by atoms with E-state index in [4.69, 9.17) is 9.84 Å². The highest BCUT2D eigenvalue weighted by Crippen LogP contribution is 2.11. The largest absolute Gasteiger partial charge is 0.480 e. The van der Waals surface area contributed by atoms with Crippen LogP contribution in [0.3, 0.4) is 0 Å². The summed E-state index contributed by atoms with van der Waals surface area (Å²) in [7, 11) is 0. The van der Waals surface area contributed by atoms with E-state index in [1.165, 1.54) is 0 Å². The van der Waals surface area contributed by atoms with Crippen molar-refractivity contribution in [2.75, 3.05) is 25.2 Å². The van der Waals surface area contributed by atoms with E-state index < -0.39 is 18.0 Å². The smallest absolute Gasteiger partial charge is 0.326 e. The Labute approximate surface area is 117 Å². The van der Waals surface area contributed by atoms with Gasteiger partial charge in [0.25, 0.3) is 0 Å². The lowest BCUT2D eigenvalue weighted by Crippen LogP contribution is -2.48. The van der Waals surface area contributed by atoms with Gasteiger partial charge in [-0.1, -0.05) is 0 Å². The average molecular weight is 290 g/mol. The minimum Gasteiger partial charge on any atom is -0.480 e. The molecule has 6 nitrogen and oxygen atoms in total. The van der Waals surface area contributed by atoms with Crippen LogP contribution in [-0.2, 0) is 9.53 Å². The number of hydrogen-bond acceptors (Lipinski definition) is 4. The van der Waals surface area contributed by atoms with Gasteiger partial charge in [-0.25, -0.2) is 9.59 Å². The van der Waals surface area contributed by atoms with Crippen LogP contribution in [0.4, 0.5) is 4.79 Å². The molecule has 1 aliphatic rings. The fraction of sp³-hybridized carbons (Fsp3) is 0.833. The predicted octanol–water partition coefficient (Wildman–Crippen LogP) is 1.06. The Morgan fingerprint density at radius 1 is 1.47 bits per heavy atom. The second-order valence-corrected chi connectivity index (χ2v) is 5.50. The van der Waals surface area contributed by atoms with E-state index in [0.717, 1.165) is 25.9 Å². The molecular weight excluding hydrogens is 268 g/mol. The molecule has 1 rings (SSSR count). The standard InChI is InChI=1S/C12H22N2O4S/c1-19-7-5-10(11(15)16)14-12(17)13-8-9-4-2-3-6-18-9/h9-10H,2-8H2,1H3,(H,15,16)(H2,13,14,17)/t9?,10-/m0/s1. The van der Waals surface area contributed by atoms with Crippen molar-refractivity contribution in [3.63, 3.8) is 0 Å². The van der Waals surface area contributed by atoms with Crippen molar-refractivity contribution in [3.05, 3.63) is 0 Å². The average Bonchev–Trinajstić information content (AvgIpc) is 2.42. The summed E-state index contributed by atoms with van der Waals surface area (Å²) in [6.45, 7) is 1.17. The number of hydrogen-bond donors (Lipinski definition) is 3. The second-order valence-electron chi connectivity index (χ2n) is 4.52. The molecule has 0 spiro atoms. The SMILES string of the molecule is CSCC[C@H](NC(=O)NCC1CCCCO1)C(=O)O. The van der Waals surface area contributed by atoms with Crippen molar-refractivity contribution >= 4 is 23.8 Å². The van der Waals surface area contributed by atoms with E-state index in [9.17, 15) is 9.59 Å². The molecular formula is C12H22N2O4S. The number of carboxylic acid groups (broad SMARTS) is 1. The van der Waals surface area contributed by atoms with Crippen LogP contribution in [0, 0.1) is 0 Å². The van der Waals surface area contributed by atoms with Gasteiger partial charge in [0.15, 0.2) is 0 Å². The third-order valence-electron chi connectivity index (χ3n) is 2.98. The summed E-state index contributed by atoms with van der Waals surface area (Å²) >= 11 is 1.56. The predicted molar refractivity (Wildman–Crippen MR) is 74.5 cm³/mol. The normalized spacial score (nSPS) is 20.6. The van der Waals surface area contributed by atoms with Gasteiger partial charge in [0.2, 0.25) is 0 Å². The second kappa shape index (κ2) is 9.03. The first-order chi connectivity index (χ1) is 9.13. The number of carboxylic acids is 1. The number of aliphatic carboxylic acids is 1. The molecule has 0 bridgehead atoms. The Morgan fingerprint density at radius 3 is 2.84 bits per heavy atom. The number of amides is 2. The molecule has 0 aromatic heterocycles. The van der Waals surface area contributed by atoms with Crippen LogP contribution < -0.4 is 10.6 Å². The summed E-state index contributed by atoms with van der Waals surface area (Å²) in [5.41, 5.74) is 0. The van der Waals surface area contributed by atoms with Crippen LogP contribution in [0.15, 0.2) is 0 Å². The number of carbonyl (C=O) groups is 2. The monoisotopic (exact) mass is 290 g/mol. The maximum absolute atomic E-state index is 11.6. The Hall–Kier alpha value is -0.950. The molecule has 2 amide bonds. The molecule has 1 unspecified atom stereocenters. The van der Waals surface area contributed by atoms with Gasteiger partial charge in [0.05, 0.1) is 6.10 Å². The Morgan fingerprint density at radius 2 is 2.26 bits per heavy atom. The quantitative estimate of drug-likeness (QED) is 0.652. The van der Waals surface area contributed by atoms with Gasteiger partial charge in [-0.2, -0.15) is 11.8 Å². The van der Waals surface area contributed by atoms with Gasteiger partial charge in [-0.15, -0.1) is 0 Å². The van der Waals surface area contributed by atoms with Crippen LogP contribution in [0.2, 0.25) is 0 Å². The molecule has 1 saturated heterocycles. The molecule has 0 saturated carbocycles. The highest BCUT2D eigenvalue weighted by Gasteiger charge is 2.20. The van der Waals surface area contributed by atoms with E-state index in [2.05, 4.69) is 10.6 Å². The van der Waals surface area contributed by atoms with Crippen LogP contribution in [0.1, 0.15) is 25.7 Å². The highest BCUT2D eigenvalue weighted by molar-refractivity contribution is 7.98. The van der Waals surface area contributed by atoms with E-state index in [1.54, 1.807) is 11.8 Å². The summed E-state index contributed by atoms with van der Waals surface area (Å²) in [4.78, 5) is 22.6. The number of nitrogens with one attached hydrogen (secondary N) is 2. The molecule has 0 aromatic rings. The van der Waals surface area contributed by atoms with Crippen LogP contribution in [0.5, 0.6) is 0 Å². The number of urea groups is 1. The lowest BCUT2D eigenvalue weighted by Gasteiger charge is -2.23. The topological polar surface area (TPSA) is 87.7 Å². The maximum Gasteiger partial charge on any atom is 0.326 e. The molecule has 0 radical (unpaired) electrons. The molecule has 1 heterocycles. The fourth-order valence-electron chi connectivity index (χ4n) is 1.88. The summed E-state index contributed by atoms with van der Waals surface area (Å²) in [6, 6.07) is -1.28. The summed E-state index contributed by atoms with van der Waals surface area (Å²) < 4.78 is 5.48. The van der Waals surface area contributed by atoms with Gasteiger partial charge >= 0.3 is 12.0 Å². The third-order valence-corrected chi connectivity index (χ3v) is 3.62. The lowest BCUT2D eigenvalue weighted by molar-refractivity contribution is -0.139. The third kappa shape index (κ3) is 6.68. The number of thioether (sulfide) groups is 1. The zero-order chi connectivity index (χ0) is 14.1. The molecule has 19 heavy (non-hydrogen) atoms. The molecule has 7 heteroatoms. The minimum atomic E-state index is -1.00. The van der Waals surface area contributed by atoms with Crippen LogP contribution in [0.25, 0.3) is 0 Å². The van der Waals surface area contributed by atoms with E-state index in [-0.39, 0.29) is 6.10 Å².